The number of hydrogen-bond donors (Lipinski definition) is 1. The summed E-state index contributed by atoms with van der Waals surface area (Å²) in [6, 6.07) is 3.00. The zero-order chi connectivity index (χ0) is 13.1. The highest BCUT2D eigenvalue weighted by molar-refractivity contribution is 7.10. The largest absolute Gasteiger partial charge is 0.310 e. The van der Waals surface area contributed by atoms with Gasteiger partial charge in [-0.1, -0.05) is 26.2 Å². The molecule has 2 aliphatic rings. The summed E-state index contributed by atoms with van der Waals surface area (Å²) in [4.78, 5) is 1.63. The first kappa shape index (κ1) is 13.6. The summed E-state index contributed by atoms with van der Waals surface area (Å²) in [6.07, 6.45) is 11.3. The van der Waals surface area contributed by atoms with Crippen LogP contribution in [0.15, 0.2) is 11.4 Å². The van der Waals surface area contributed by atoms with E-state index in [4.69, 9.17) is 0 Å². The molecule has 1 nitrogen and oxygen atoms in total. The van der Waals surface area contributed by atoms with Crippen LogP contribution in [0, 0.1) is 11.8 Å². The van der Waals surface area contributed by atoms with Gasteiger partial charge in [0.2, 0.25) is 0 Å². The Morgan fingerprint density at radius 1 is 1.26 bits per heavy atom. The molecule has 19 heavy (non-hydrogen) atoms. The highest BCUT2D eigenvalue weighted by Crippen LogP contribution is 2.34. The quantitative estimate of drug-likeness (QED) is 0.822. The maximum absolute atomic E-state index is 3.83. The molecule has 1 aromatic heterocycles. The van der Waals surface area contributed by atoms with E-state index in [-0.39, 0.29) is 0 Å². The fourth-order valence-corrected chi connectivity index (χ4v) is 4.97. The molecule has 0 amide bonds. The average molecular weight is 277 g/mol. The van der Waals surface area contributed by atoms with Gasteiger partial charge in [0.15, 0.2) is 0 Å². The minimum Gasteiger partial charge on any atom is -0.310 e. The summed E-state index contributed by atoms with van der Waals surface area (Å²) in [5.74, 6) is 1.96. The third-order valence-corrected chi connectivity index (χ3v) is 6.04. The predicted octanol–water partition coefficient (Wildman–Crippen LogP) is 4.93. The van der Waals surface area contributed by atoms with E-state index in [0.717, 1.165) is 11.8 Å². The Labute approximate surface area is 121 Å². The fourth-order valence-electron chi connectivity index (χ4n) is 3.98. The van der Waals surface area contributed by atoms with Crippen molar-refractivity contribution < 1.29 is 0 Å². The summed E-state index contributed by atoms with van der Waals surface area (Å²) in [6.45, 7) is 3.65. The number of nitrogens with one attached hydrogen (secondary N) is 1. The van der Waals surface area contributed by atoms with E-state index in [9.17, 15) is 0 Å². The lowest BCUT2D eigenvalue weighted by atomic mass is 9.81. The van der Waals surface area contributed by atoms with Gasteiger partial charge in [0.1, 0.15) is 0 Å². The molecule has 0 bridgehead atoms. The summed E-state index contributed by atoms with van der Waals surface area (Å²) < 4.78 is 0. The predicted molar refractivity (Wildman–Crippen MR) is 83.7 cm³/mol. The van der Waals surface area contributed by atoms with Crippen LogP contribution in [0.3, 0.4) is 0 Å². The molecule has 0 spiro atoms. The van der Waals surface area contributed by atoms with Crippen molar-refractivity contribution in [3.05, 3.63) is 21.9 Å². The minimum absolute atomic E-state index is 0.649. The summed E-state index contributed by atoms with van der Waals surface area (Å²) in [5.41, 5.74) is 1.60. The van der Waals surface area contributed by atoms with Gasteiger partial charge >= 0.3 is 0 Å². The van der Waals surface area contributed by atoms with Crippen molar-refractivity contribution in [3.8, 4) is 0 Å². The Morgan fingerprint density at radius 3 is 3.11 bits per heavy atom. The van der Waals surface area contributed by atoms with Crippen LogP contribution >= 0.6 is 11.3 Å². The van der Waals surface area contributed by atoms with Crippen LogP contribution in [0.1, 0.15) is 68.4 Å². The molecule has 1 fully saturated rings. The lowest BCUT2D eigenvalue weighted by Gasteiger charge is -2.28. The normalized spacial score (nSPS) is 31.1. The van der Waals surface area contributed by atoms with Gasteiger partial charge in [0.25, 0.3) is 0 Å². The Hall–Kier alpha value is -0.340. The second-order valence-electron chi connectivity index (χ2n) is 6.62. The van der Waals surface area contributed by atoms with Crippen LogP contribution < -0.4 is 5.32 Å². The Bertz CT molecular complexity index is 398. The molecule has 1 N–H and O–H groups in total. The summed E-state index contributed by atoms with van der Waals surface area (Å²) in [5, 5.41) is 6.10. The first-order chi connectivity index (χ1) is 9.33. The monoisotopic (exact) mass is 277 g/mol. The third kappa shape index (κ3) is 3.41. The van der Waals surface area contributed by atoms with E-state index in [1.807, 2.05) is 11.3 Å². The fraction of sp³-hybridized carbons (Fsp3) is 0.765. The van der Waals surface area contributed by atoms with Crippen molar-refractivity contribution in [3.63, 3.8) is 0 Å². The van der Waals surface area contributed by atoms with Gasteiger partial charge < -0.3 is 5.32 Å². The highest BCUT2D eigenvalue weighted by atomic mass is 32.1. The van der Waals surface area contributed by atoms with Crippen molar-refractivity contribution in [2.45, 2.75) is 64.3 Å². The Balaban J connectivity index is 1.46. The van der Waals surface area contributed by atoms with E-state index < -0.39 is 0 Å². The van der Waals surface area contributed by atoms with Crippen molar-refractivity contribution >= 4 is 11.3 Å². The van der Waals surface area contributed by atoms with Gasteiger partial charge in [-0.05, 0) is 67.5 Å². The average Bonchev–Trinajstić information content (AvgIpc) is 2.88. The van der Waals surface area contributed by atoms with Crippen LogP contribution in [-0.2, 0) is 6.42 Å². The molecule has 0 aliphatic heterocycles. The van der Waals surface area contributed by atoms with Crippen LogP contribution in [0.4, 0.5) is 0 Å². The Morgan fingerprint density at radius 2 is 2.21 bits per heavy atom. The van der Waals surface area contributed by atoms with E-state index in [1.165, 1.54) is 57.9 Å². The maximum Gasteiger partial charge on any atom is 0.0331 e. The zero-order valence-corrected chi connectivity index (χ0v) is 13.0. The molecule has 1 saturated carbocycles. The molecule has 3 atom stereocenters. The second kappa shape index (κ2) is 6.41. The molecule has 106 valence electrons. The van der Waals surface area contributed by atoms with Gasteiger partial charge in [-0.15, -0.1) is 11.3 Å². The summed E-state index contributed by atoms with van der Waals surface area (Å²) in [7, 11) is 0. The second-order valence-corrected chi connectivity index (χ2v) is 7.63. The molecular formula is C17H27NS. The van der Waals surface area contributed by atoms with Crippen molar-refractivity contribution in [1.82, 2.24) is 5.32 Å². The lowest BCUT2D eigenvalue weighted by molar-refractivity contribution is 0.263. The number of rotatable bonds is 4. The Kier molecular flexibility index (Phi) is 4.60. The SMILES string of the molecule is CC1CCCC(CCNC2CCCc3sccc32)C1. The van der Waals surface area contributed by atoms with E-state index in [0.29, 0.717) is 6.04 Å². The van der Waals surface area contributed by atoms with Crippen LogP contribution in [-0.4, -0.2) is 6.54 Å². The number of aryl methyl sites for hydroxylation is 1. The topological polar surface area (TPSA) is 12.0 Å². The molecule has 0 saturated heterocycles. The van der Waals surface area contributed by atoms with Gasteiger partial charge in [-0.25, -0.2) is 0 Å². The van der Waals surface area contributed by atoms with Gasteiger partial charge in [0, 0.05) is 10.9 Å². The molecule has 3 unspecified atom stereocenters. The summed E-state index contributed by atoms with van der Waals surface area (Å²) >= 11 is 1.95. The van der Waals surface area contributed by atoms with E-state index in [2.05, 4.69) is 23.7 Å². The molecule has 0 radical (unpaired) electrons. The maximum atomic E-state index is 3.83. The first-order valence-corrected chi connectivity index (χ1v) is 9.00. The van der Waals surface area contributed by atoms with Gasteiger partial charge in [-0.2, -0.15) is 0 Å². The van der Waals surface area contributed by atoms with E-state index >= 15 is 0 Å². The van der Waals surface area contributed by atoms with Crippen LogP contribution in [0.2, 0.25) is 0 Å². The van der Waals surface area contributed by atoms with E-state index in [1.54, 1.807) is 10.4 Å². The number of fused-ring (bicyclic) bond motifs is 1. The minimum atomic E-state index is 0.649. The van der Waals surface area contributed by atoms with Crippen molar-refractivity contribution in [2.24, 2.45) is 11.8 Å². The van der Waals surface area contributed by atoms with Gasteiger partial charge in [0.05, 0.1) is 0 Å². The molecule has 1 heterocycles. The molecule has 2 aliphatic carbocycles. The molecule has 3 rings (SSSR count). The number of hydrogen-bond acceptors (Lipinski definition) is 2. The molecule has 0 aromatic carbocycles. The molecular weight excluding hydrogens is 250 g/mol. The van der Waals surface area contributed by atoms with Crippen LogP contribution in [0.5, 0.6) is 0 Å². The standard InChI is InChI=1S/C17H27NS/c1-13-4-2-5-14(12-13)8-10-18-16-6-3-7-17-15(16)9-11-19-17/h9,11,13-14,16,18H,2-8,10,12H2,1H3. The number of thiophene rings is 1. The third-order valence-electron chi connectivity index (χ3n) is 5.04. The van der Waals surface area contributed by atoms with Gasteiger partial charge in [-0.3, -0.25) is 0 Å². The first-order valence-electron chi connectivity index (χ1n) is 8.12. The molecule has 1 aromatic rings. The van der Waals surface area contributed by atoms with Crippen molar-refractivity contribution in [2.75, 3.05) is 6.54 Å². The van der Waals surface area contributed by atoms with Crippen LogP contribution in [0.25, 0.3) is 0 Å². The highest BCUT2D eigenvalue weighted by Gasteiger charge is 2.22. The smallest absolute Gasteiger partial charge is 0.0331 e. The zero-order valence-electron chi connectivity index (χ0n) is 12.2. The lowest BCUT2D eigenvalue weighted by Crippen LogP contribution is -2.27. The van der Waals surface area contributed by atoms with Crippen molar-refractivity contribution in [1.29, 1.82) is 0 Å². The molecule has 2 heteroatoms.